The molecular formula is C16H19ClN2OS. The quantitative estimate of drug-likeness (QED) is 0.827. The summed E-state index contributed by atoms with van der Waals surface area (Å²) in [6, 6.07) is 7.49. The Morgan fingerprint density at radius 1 is 1.29 bits per heavy atom. The molecule has 1 N–H and O–H groups in total. The average Bonchev–Trinajstić information content (AvgIpc) is 2.84. The van der Waals surface area contributed by atoms with Crippen molar-refractivity contribution in [2.45, 2.75) is 39.7 Å². The summed E-state index contributed by atoms with van der Waals surface area (Å²) in [7, 11) is 0. The fourth-order valence-electron chi connectivity index (χ4n) is 1.98. The number of pyridine rings is 1. The summed E-state index contributed by atoms with van der Waals surface area (Å²) in [5.41, 5.74) is 1.38. The van der Waals surface area contributed by atoms with Crippen LogP contribution in [0.1, 0.15) is 58.5 Å². The smallest absolute Gasteiger partial charge is 0.251 e. The zero-order chi connectivity index (χ0) is 15.6. The van der Waals surface area contributed by atoms with E-state index in [0.29, 0.717) is 10.7 Å². The summed E-state index contributed by atoms with van der Waals surface area (Å²) in [5, 5.41) is 3.36. The van der Waals surface area contributed by atoms with Gasteiger partial charge in [0.05, 0.1) is 6.04 Å². The van der Waals surface area contributed by atoms with Crippen LogP contribution in [0.4, 0.5) is 0 Å². The van der Waals surface area contributed by atoms with Gasteiger partial charge in [-0.1, -0.05) is 25.4 Å². The van der Waals surface area contributed by atoms with Gasteiger partial charge in [-0.2, -0.15) is 0 Å². The molecule has 0 aliphatic carbocycles. The molecule has 0 saturated heterocycles. The molecule has 0 radical (unpaired) electrons. The van der Waals surface area contributed by atoms with Crippen LogP contribution in [-0.4, -0.2) is 10.9 Å². The van der Waals surface area contributed by atoms with Gasteiger partial charge in [0.15, 0.2) is 0 Å². The third-order valence-corrected chi connectivity index (χ3v) is 4.58. The third-order valence-electron chi connectivity index (χ3n) is 3.20. The fraction of sp³-hybridized carbons (Fsp3) is 0.375. The first-order valence-corrected chi connectivity index (χ1v) is 8.11. The normalized spacial score (nSPS) is 12.5. The highest BCUT2D eigenvalue weighted by molar-refractivity contribution is 7.12. The monoisotopic (exact) mass is 322 g/mol. The van der Waals surface area contributed by atoms with Gasteiger partial charge in [-0.25, -0.2) is 4.98 Å². The molecule has 21 heavy (non-hydrogen) atoms. The minimum absolute atomic E-state index is 0.0226. The van der Waals surface area contributed by atoms with Gasteiger partial charge in [-0.3, -0.25) is 4.79 Å². The molecule has 112 valence electrons. The summed E-state index contributed by atoms with van der Waals surface area (Å²) >= 11 is 7.70. The molecule has 0 aliphatic rings. The van der Waals surface area contributed by atoms with E-state index >= 15 is 0 Å². The molecular weight excluding hydrogens is 304 g/mol. The lowest BCUT2D eigenvalue weighted by atomic mass is 10.1. The number of amides is 1. The summed E-state index contributed by atoms with van der Waals surface area (Å²) < 4.78 is 0. The van der Waals surface area contributed by atoms with Crippen LogP contribution in [0, 0.1) is 6.92 Å². The van der Waals surface area contributed by atoms with Gasteiger partial charge in [-0.15, -0.1) is 11.3 Å². The van der Waals surface area contributed by atoms with Crippen LogP contribution in [0.3, 0.4) is 0 Å². The zero-order valence-electron chi connectivity index (χ0n) is 12.6. The Kier molecular flexibility index (Phi) is 5.01. The van der Waals surface area contributed by atoms with Gasteiger partial charge in [-0.05, 0) is 44.0 Å². The number of aromatic nitrogens is 1. The molecule has 0 aliphatic heterocycles. The van der Waals surface area contributed by atoms with Crippen molar-refractivity contribution in [2.75, 3.05) is 0 Å². The maximum absolute atomic E-state index is 12.4. The summed E-state index contributed by atoms with van der Waals surface area (Å²) in [6.07, 6.45) is 0. The van der Waals surface area contributed by atoms with E-state index in [2.05, 4.69) is 23.3 Å². The van der Waals surface area contributed by atoms with Gasteiger partial charge in [0.2, 0.25) is 0 Å². The Labute approximate surface area is 134 Å². The van der Waals surface area contributed by atoms with E-state index in [9.17, 15) is 4.79 Å². The number of hydrogen-bond acceptors (Lipinski definition) is 3. The fourth-order valence-corrected chi connectivity index (χ4v) is 3.08. The van der Waals surface area contributed by atoms with Gasteiger partial charge < -0.3 is 5.32 Å². The Morgan fingerprint density at radius 3 is 2.57 bits per heavy atom. The number of carbonyl (C=O) groups is 1. The van der Waals surface area contributed by atoms with Gasteiger partial charge in [0.25, 0.3) is 5.91 Å². The lowest BCUT2D eigenvalue weighted by Crippen LogP contribution is -2.26. The van der Waals surface area contributed by atoms with Crippen LogP contribution in [0.25, 0.3) is 0 Å². The van der Waals surface area contributed by atoms with Crippen molar-refractivity contribution >= 4 is 28.8 Å². The summed E-state index contributed by atoms with van der Waals surface area (Å²) in [4.78, 5) is 19.0. The predicted octanol–water partition coefficient (Wildman–Crippen LogP) is 4.72. The van der Waals surface area contributed by atoms with E-state index < -0.39 is 0 Å². The molecule has 0 bridgehead atoms. The SMILES string of the molecule is Cc1ccc(C(C)NC(=O)c2cc(Cl)nc(C(C)C)c2)s1. The number of nitrogens with zero attached hydrogens (tertiary/aromatic N) is 1. The molecule has 0 fully saturated rings. The van der Waals surface area contributed by atoms with E-state index in [0.717, 1.165) is 10.6 Å². The molecule has 1 atom stereocenters. The van der Waals surface area contributed by atoms with Gasteiger partial charge >= 0.3 is 0 Å². The first-order chi connectivity index (χ1) is 9.86. The van der Waals surface area contributed by atoms with Crippen molar-refractivity contribution in [3.05, 3.63) is 50.4 Å². The minimum Gasteiger partial charge on any atom is -0.345 e. The zero-order valence-corrected chi connectivity index (χ0v) is 14.2. The van der Waals surface area contributed by atoms with Crippen molar-refractivity contribution in [1.29, 1.82) is 0 Å². The van der Waals surface area contributed by atoms with E-state index in [-0.39, 0.29) is 17.9 Å². The molecule has 2 aromatic heterocycles. The van der Waals surface area contributed by atoms with Gasteiger partial charge in [0.1, 0.15) is 5.15 Å². The molecule has 1 unspecified atom stereocenters. The first kappa shape index (κ1) is 16.0. The lowest BCUT2D eigenvalue weighted by Gasteiger charge is -2.13. The Balaban J connectivity index is 2.16. The van der Waals surface area contributed by atoms with Crippen LogP contribution in [0.2, 0.25) is 5.15 Å². The average molecular weight is 323 g/mol. The number of rotatable bonds is 4. The number of aryl methyl sites for hydroxylation is 1. The topological polar surface area (TPSA) is 42.0 Å². The number of thiophene rings is 1. The lowest BCUT2D eigenvalue weighted by molar-refractivity contribution is 0.0940. The number of hydrogen-bond donors (Lipinski definition) is 1. The second-order valence-electron chi connectivity index (χ2n) is 5.40. The third kappa shape index (κ3) is 4.05. The van der Waals surface area contributed by atoms with Crippen LogP contribution in [0.5, 0.6) is 0 Å². The number of carbonyl (C=O) groups excluding carboxylic acids is 1. The highest BCUT2D eigenvalue weighted by atomic mass is 35.5. The predicted molar refractivity (Wildman–Crippen MR) is 88.3 cm³/mol. The Morgan fingerprint density at radius 2 is 2.00 bits per heavy atom. The molecule has 5 heteroatoms. The molecule has 2 heterocycles. The summed E-state index contributed by atoms with van der Waals surface area (Å²) in [5.74, 6) is 0.104. The maximum atomic E-state index is 12.4. The van der Waals surface area contributed by atoms with E-state index in [1.54, 1.807) is 23.5 Å². The highest BCUT2D eigenvalue weighted by Gasteiger charge is 2.15. The Hall–Kier alpha value is -1.39. The Bertz CT molecular complexity index is 651. The first-order valence-electron chi connectivity index (χ1n) is 6.91. The van der Waals surface area contributed by atoms with Crippen LogP contribution in [-0.2, 0) is 0 Å². The van der Waals surface area contributed by atoms with E-state index in [4.69, 9.17) is 11.6 Å². The van der Waals surface area contributed by atoms with Crippen molar-refractivity contribution in [3.8, 4) is 0 Å². The standard InChI is InChI=1S/C16H19ClN2OS/c1-9(2)13-7-12(8-15(17)19-13)16(20)18-11(4)14-6-5-10(3)21-14/h5-9,11H,1-4H3,(H,18,20). The summed E-state index contributed by atoms with van der Waals surface area (Å²) in [6.45, 7) is 8.09. The van der Waals surface area contributed by atoms with Crippen LogP contribution >= 0.6 is 22.9 Å². The minimum atomic E-state index is -0.125. The van der Waals surface area contributed by atoms with Crippen LogP contribution < -0.4 is 5.32 Å². The molecule has 0 saturated carbocycles. The molecule has 3 nitrogen and oxygen atoms in total. The van der Waals surface area contributed by atoms with E-state index in [1.807, 2.05) is 26.8 Å². The van der Waals surface area contributed by atoms with Crippen molar-refractivity contribution in [2.24, 2.45) is 0 Å². The second kappa shape index (κ2) is 6.58. The molecule has 2 aromatic rings. The highest BCUT2D eigenvalue weighted by Crippen LogP contribution is 2.23. The number of halogens is 1. The molecule has 0 aromatic carbocycles. The van der Waals surface area contributed by atoms with Crippen molar-refractivity contribution in [3.63, 3.8) is 0 Å². The molecule has 2 rings (SSSR count). The molecule has 1 amide bonds. The van der Waals surface area contributed by atoms with Crippen molar-refractivity contribution < 1.29 is 4.79 Å². The van der Waals surface area contributed by atoms with E-state index in [1.165, 1.54) is 4.88 Å². The van der Waals surface area contributed by atoms with Crippen molar-refractivity contribution in [1.82, 2.24) is 10.3 Å². The molecule has 0 spiro atoms. The largest absolute Gasteiger partial charge is 0.345 e. The number of nitrogens with one attached hydrogen (secondary N) is 1. The van der Waals surface area contributed by atoms with Gasteiger partial charge in [0, 0.05) is 21.0 Å². The van der Waals surface area contributed by atoms with Crippen LogP contribution in [0.15, 0.2) is 24.3 Å². The maximum Gasteiger partial charge on any atom is 0.251 e. The second-order valence-corrected chi connectivity index (χ2v) is 7.11.